The Morgan fingerprint density at radius 2 is 1.94 bits per heavy atom. The van der Waals surface area contributed by atoms with E-state index in [0.29, 0.717) is 11.6 Å². The van der Waals surface area contributed by atoms with E-state index in [-0.39, 0.29) is 12.1 Å². The molecule has 6 heteroatoms. The molecule has 1 heterocycles. The van der Waals surface area contributed by atoms with Crippen LogP contribution in [0.5, 0.6) is 0 Å². The van der Waals surface area contributed by atoms with Crippen molar-refractivity contribution in [2.24, 2.45) is 5.84 Å². The highest BCUT2D eigenvalue weighted by molar-refractivity contribution is 5.46. The molecule has 2 atom stereocenters. The molecule has 1 aromatic rings. The largest absolute Gasteiger partial charge is 0.391 e. The first-order valence-corrected chi connectivity index (χ1v) is 6.03. The summed E-state index contributed by atoms with van der Waals surface area (Å²) in [5.41, 5.74) is 2.47. The van der Waals surface area contributed by atoms with Crippen LogP contribution in [-0.2, 0) is 0 Å². The van der Waals surface area contributed by atoms with Gasteiger partial charge in [-0.15, -0.1) is 0 Å². The zero-order chi connectivity index (χ0) is 12.1. The third-order valence-electron chi connectivity index (χ3n) is 3.13. The lowest BCUT2D eigenvalue weighted by atomic mass is 10.1. The molecular weight excluding hydrogens is 218 g/mol. The molecule has 0 aromatic carbocycles. The molecule has 0 radical (unpaired) electrons. The number of nitrogens with zero attached hydrogens (tertiary/aromatic N) is 2. The Balaban J connectivity index is 2.02. The molecule has 2 rings (SSSR count). The molecule has 2 unspecified atom stereocenters. The maximum atomic E-state index is 9.99. The van der Waals surface area contributed by atoms with Gasteiger partial charge in [0.25, 0.3) is 0 Å². The number of hydrogen-bond donors (Lipinski definition) is 4. The summed E-state index contributed by atoms with van der Waals surface area (Å²) in [6.07, 6.45) is 6.39. The minimum absolute atomic E-state index is 0.0676. The first-order valence-electron chi connectivity index (χ1n) is 6.03. The van der Waals surface area contributed by atoms with Gasteiger partial charge in [-0.3, -0.25) is 0 Å². The van der Waals surface area contributed by atoms with Crippen LogP contribution in [0.3, 0.4) is 0 Å². The van der Waals surface area contributed by atoms with E-state index < -0.39 is 0 Å². The van der Waals surface area contributed by atoms with Crippen LogP contribution >= 0.6 is 0 Å². The van der Waals surface area contributed by atoms with Crippen molar-refractivity contribution in [3.8, 4) is 0 Å². The van der Waals surface area contributed by atoms with Crippen molar-refractivity contribution in [2.45, 2.75) is 44.2 Å². The van der Waals surface area contributed by atoms with Gasteiger partial charge in [0, 0.05) is 6.07 Å². The van der Waals surface area contributed by atoms with E-state index in [1.807, 2.05) is 0 Å². The molecule has 1 aliphatic rings. The smallest absolute Gasteiger partial charge is 0.145 e. The highest BCUT2D eigenvalue weighted by Crippen LogP contribution is 2.21. The molecule has 5 N–H and O–H groups in total. The molecule has 17 heavy (non-hydrogen) atoms. The number of aliphatic hydroxyl groups is 1. The molecule has 0 aliphatic heterocycles. The Labute approximate surface area is 101 Å². The topological polar surface area (TPSA) is 96.1 Å². The van der Waals surface area contributed by atoms with Crippen molar-refractivity contribution in [2.75, 3.05) is 10.7 Å². The maximum Gasteiger partial charge on any atom is 0.145 e. The van der Waals surface area contributed by atoms with E-state index in [4.69, 9.17) is 5.84 Å². The van der Waals surface area contributed by atoms with Crippen LogP contribution in [0.15, 0.2) is 12.4 Å². The van der Waals surface area contributed by atoms with Crippen LogP contribution in [0.1, 0.15) is 32.1 Å². The van der Waals surface area contributed by atoms with Crippen molar-refractivity contribution in [3.63, 3.8) is 0 Å². The Morgan fingerprint density at radius 3 is 2.76 bits per heavy atom. The zero-order valence-electron chi connectivity index (χ0n) is 9.76. The van der Waals surface area contributed by atoms with Crippen LogP contribution in [0.25, 0.3) is 0 Å². The SMILES string of the molecule is NNc1cc(NC2CCCCCC2O)ncn1. The maximum absolute atomic E-state index is 9.99. The third-order valence-corrected chi connectivity index (χ3v) is 3.13. The fourth-order valence-electron chi connectivity index (χ4n) is 2.16. The molecule has 1 aliphatic carbocycles. The minimum Gasteiger partial charge on any atom is -0.391 e. The minimum atomic E-state index is -0.304. The first-order chi connectivity index (χ1) is 8.29. The highest BCUT2D eigenvalue weighted by Gasteiger charge is 2.21. The predicted octanol–water partition coefficient (Wildman–Crippen LogP) is 0.868. The van der Waals surface area contributed by atoms with E-state index in [0.717, 1.165) is 25.7 Å². The molecule has 1 saturated carbocycles. The van der Waals surface area contributed by atoms with E-state index in [2.05, 4.69) is 20.7 Å². The Bertz CT molecular complexity index is 359. The Hall–Kier alpha value is -1.40. The summed E-state index contributed by atoms with van der Waals surface area (Å²) >= 11 is 0. The number of hydrogen-bond acceptors (Lipinski definition) is 6. The number of aliphatic hydroxyl groups excluding tert-OH is 1. The highest BCUT2D eigenvalue weighted by atomic mass is 16.3. The number of nitrogens with one attached hydrogen (secondary N) is 2. The van der Waals surface area contributed by atoms with E-state index in [1.54, 1.807) is 6.07 Å². The molecule has 94 valence electrons. The van der Waals surface area contributed by atoms with Gasteiger partial charge in [-0.05, 0) is 12.8 Å². The van der Waals surface area contributed by atoms with Gasteiger partial charge in [-0.25, -0.2) is 15.8 Å². The van der Waals surface area contributed by atoms with Gasteiger partial charge in [-0.2, -0.15) is 0 Å². The van der Waals surface area contributed by atoms with Gasteiger partial charge < -0.3 is 15.8 Å². The lowest BCUT2D eigenvalue weighted by Crippen LogP contribution is -2.32. The molecule has 0 spiro atoms. The van der Waals surface area contributed by atoms with Gasteiger partial charge >= 0.3 is 0 Å². The number of anilines is 2. The summed E-state index contributed by atoms with van der Waals surface area (Å²) in [6, 6.07) is 1.80. The van der Waals surface area contributed by atoms with Crippen LogP contribution in [0.2, 0.25) is 0 Å². The van der Waals surface area contributed by atoms with Gasteiger partial charge in [0.15, 0.2) is 0 Å². The summed E-state index contributed by atoms with van der Waals surface area (Å²) in [7, 11) is 0. The summed E-state index contributed by atoms with van der Waals surface area (Å²) in [4.78, 5) is 8.06. The number of aromatic nitrogens is 2. The van der Waals surface area contributed by atoms with Crippen molar-refractivity contribution < 1.29 is 5.11 Å². The third kappa shape index (κ3) is 3.28. The second-order valence-corrected chi connectivity index (χ2v) is 4.39. The molecule has 0 saturated heterocycles. The molecule has 6 nitrogen and oxygen atoms in total. The van der Waals surface area contributed by atoms with Gasteiger partial charge in [-0.1, -0.05) is 19.3 Å². The molecule has 0 amide bonds. The van der Waals surface area contributed by atoms with Crippen LogP contribution in [-0.4, -0.2) is 27.2 Å². The molecule has 0 bridgehead atoms. The number of nitrogens with two attached hydrogens (primary N) is 1. The molecular formula is C11H19N5O. The summed E-state index contributed by atoms with van der Waals surface area (Å²) in [6.45, 7) is 0. The average Bonchev–Trinajstić information content (AvgIpc) is 2.55. The van der Waals surface area contributed by atoms with Crippen molar-refractivity contribution in [1.29, 1.82) is 0 Å². The van der Waals surface area contributed by atoms with Crippen molar-refractivity contribution in [1.82, 2.24) is 9.97 Å². The van der Waals surface area contributed by atoms with E-state index in [1.165, 1.54) is 12.7 Å². The van der Waals surface area contributed by atoms with Crippen molar-refractivity contribution >= 4 is 11.6 Å². The normalized spacial score (nSPS) is 25.1. The lowest BCUT2D eigenvalue weighted by Gasteiger charge is -2.22. The van der Waals surface area contributed by atoms with Crippen LogP contribution in [0.4, 0.5) is 11.6 Å². The zero-order valence-corrected chi connectivity index (χ0v) is 9.76. The second kappa shape index (κ2) is 5.79. The Morgan fingerprint density at radius 1 is 1.18 bits per heavy atom. The van der Waals surface area contributed by atoms with Crippen molar-refractivity contribution in [3.05, 3.63) is 12.4 Å². The summed E-state index contributed by atoms with van der Waals surface area (Å²) in [5.74, 6) is 6.54. The number of nitrogen functional groups attached to an aromatic ring is 1. The first kappa shape index (κ1) is 12.1. The predicted molar refractivity (Wildman–Crippen MR) is 66.3 cm³/mol. The van der Waals surface area contributed by atoms with E-state index >= 15 is 0 Å². The monoisotopic (exact) mass is 237 g/mol. The van der Waals surface area contributed by atoms with Gasteiger partial charge in [0.2, 0.25) is 0 Å². The Kier molecular flexibility index (Phi) is 4.11. The van der Waals surface area contributed by atoms with Gasteiger partial charge in [0.1, 0.15) is 18.0 Å². The van der Waals surface area contributed by atoms with E-state index in [9.17, 15) is 5.11 Å². The summed E-state index contributed by atoms with van der Waals surface area (Å²) < 4.78 is 0. The van der Waals surface area contributed by atoms with Gasteiger partial charge in [0.05, 0.1) is 12.1 Å². The fourth-order valence-corrected chi connectivity index (χ4v) is 2.16. The lowest BCUT2D eigenvalue weighted by molar-refractivity contribution is 0.144. The quantitative estimate of drug-likeness (QED) is 0.354. The second-order valence-electron chi connectivity index (χ2n) is 4.39. The van der Waals surface area contributed by atoms with Crippen LogP contribution < -0.4 is 16.6 Å². The average molecular weight is 237 g/mol. The number of rotatable bonds is 3. The molecule has 1 aromatic heterocycles. The fraction of sp³-hybridized carbons (Fsp3) is 0.636. The van der Waals surface area contributed by atoms with Crippen LogP contribution in [0, 0.1) is 0 Å². The molecule has 1 fully saturated rings. The number of hydrazine groups is 1. The summed E-state index contributed by atoms with van der Waals surface area (Å²) in [5, 5.41) is 13.2. The standard InChI is InChI=1S/C11H19N5O/c12-16-11-6-10(13-7-14-11)15-8-4-2-1-3-5-9(8)17/h6-9,17H,1-5,12H2,(H2,13,14,15,16).